The zero-order chi connectivity index (χ0) is 18.6. The van der Waals surface area contributed by atoms with Crippen molar-refractivity contribution >= 4 is 32.8 Å². The lowest BCUT2D eigenvalue weighted by Gasteiger charge is -2.06. The summed E-state index contributed by atoms with van der Waals surface area (Å²) in [6.45, 7) is 0. The molecule has 0 spiro atoms. The maximum absolute atomic E-state index is 12.8. The largest absolute Gasteiger partial charge is 0.416 e. The third kappa shape index (κ3) is 2.43. The number of benzene rings is 2. The van der Waals surface area contributed by atoms with Crippen molar-refractivity contribution in [3.8, 4) is 11.4 Å². The Morgan fingerprint density at radius 3 is 2.04 bits per heavy atom. The molecule has 0 unspecified atom stereocenters. The highest BCUT2D eigenvalue weighted by atomic mass is 19.4. The number of fused-ring (bicyclic) bond motifs is 6. The third-order valence-electron chi connectivity index (χ3n) is 4.55. The van der Waals surface area contributed by atoms with Gasteiger partial charge in [0.05, 0.1) is 27.6 Å². The number of imidazole rings is 1. The van der Waals surface area contributed by atoms with Crippen molar-refractivity contribution < 1.29 is 13.2 Å². The topological polar surface area (TPSA) is 54.5 Å². The number of aromatic nitrogens is 4. The van der Waals surface area contributed by atoms with E-state index in [2.05, 4.69) is 19.9 Å². The Kier molecular flexibility index (Phi) is 3.21. The number of nitrogens with zero attached hydrogens (tertiary/aromatic N) is 3. The molecule has 2 aromatic carbocycles. The molecule has 0 saturated carbocycles. The molecule has 4 nitrogen and oxygen atoms in total. The van der Waals surface area contributed by atoms with Crippen LogP contribution in [0.5, 0.6) is 0 Å². The molecule has 3 heterocycles. The highest BCUT2D eigenvalue weighted by Gasteiger charge is 2.30. The van der Waals surface area contributed by atoms with Gasteiger partial charge in [-0.15, -0.1) is 0 Å². The molecule has 3 aromatic heterocycles. The molecule has 7 heteroatoms. The maximum Gasteiger partial charge on any atom is 0.416 e. The average Bonchev–Trinajstić information content (AvgIpc) is 3.14. The van der Waals surface area contributed by atoms with Crippen LogP contribution < -0.4 is 0 Å². The zero-order valence-electron chi connectivity index (χ0n) is 13.7. The van der Waals surface area contributed by atoms with Crippen molar-refractivity contribution in [2.45, 2.75) is 6.18 Å². The SMILES string of the molecule is FC(F)(F)c1ccc(-c2nc3c4cccnc4c4ncccc4c3[nH]2)cc1. The van der Waals surface area contributed by atoms with E-state index >= 15 is 0 Å². The van der Waals surface area contributed by atoms with E-state index in [4.69, 9.17) is 0 Å². The summed E-state index contributed by atoms with van der Waals surface area (Å²) in [5, 5.41) is 1.71. The summed E-state index contributed by atoms with van der Waals surface area (Å²) in [4.78, 5) is 16.8. The molecule has 1 N–H and O–H groups in total. The van der Waals surface area contributed by atoms with Gasteiger partial charge in [0.2, 0.25) is 0 Å². The van der Waals surface area contributed by atoms with Gasteiger partial charge in [0.25, 0.3) is 0 Å². The van der Waals surface area contributed by atoms with E-state index in [9.17, 15) is 13.2 Å². The van der Waals surface area contributed by atoms with Crippen LogP contribution in [0.2, 0.25) is 0 Å². The van der Waals surface area contributed by atoms with Gasteiger partial charge in [0, 0.05) is 28.7 Å². The van der Waals surface area contributed by atoms with Gasteiger partial charge in [-0.3, -0.25) is 9.97 Å². The molecular weight excluding hydrogens is 353 g/mol. The van der Waals surface area contributed by atoms with Gasteiger partial charge in [-0.25, -0.2) is 4.98 Å². The second-order valence-electron chi connectivity index (χ2n) is 6.18. The van der Waals surface area contributed by atoms with Crippen LogP contribution in [0.1, 0.15) is 5.56 Å². The third-order valence-corrected chi connectivity index (χ3v) is 4.55. The molecule has 0 amide bonds. The Morgan fingerprint density at radius 1 is 0.741 bits per heavy atom. The van der Waals surface area contributed by atoms with Crippen molar-refractivity contribution in [2.24, 2.45) is 0 Å². The molecular formula is C20H11F3N4. The van der Waals surface area contributed by atoms with E-state index in [1.165, 1.54) is 12.1 Å². The Balaban J connectivity index is 1.79. The van der Waals surface area contributed by atoms with Crippen molar-refractivity contribution in [3.63, 3.8) is 0 Å². The number of hydrogen-bond donors (Lipinski definition) is 1. The Labute approximate surface area is 150 Å². The van der Waals surface area contributed by atoms with E-state index in [-0.39, 0.29) is 0 Å². The number of alkyl halides is 3. The first-order valence-corrected chi connectivity index (χ1v) is 8.21. The molecule has 5 rings (SSSR count). The fraction of sp³-hybridized carbons (Fsp3) is 0.0500. The van der Waals surface area contributed by atoms with Crippen LogP contribution in [0.15, 0.2) is 60.9 Å². The Hall–Kier alpha value is -3.48. The molecule has 132 valence electrons. The molecule has 0 fully saturated rings. The second kappa shape index (κ2) is 5.51. The van der Waals surface area contributed by atoms with Gasteiger partial charge in [-0.1, -0.05) is 12.1 Å². The lowest BCUT2D eigenvalue weighted by molar-refractivity contribution is -0.137. The summed E-state index contributed by atoms with van der Waals surface area (Å²) >= 11 is 0. The van der Waals surface area contributed by atoms with E-state index in [0.29, 0.717) is 16.9 Å². The molecule has 0 atom stereocenters. The Morgan fingerprint density at radius 2 is 1.37 bits per heavy atom. The van der Waals surface area contributed by atoms with Crippen molar-refractivity contribution in [1.82, 2.24) is 19.9 Å². The predicted molar refractivity (Wildman–Crippen MR) is 97.1 cm³/mol. The summed E-state index contributed by atoms with van der Waals surface area (Å²) in [5.41, 5.74) is 2.89. The van der Waals surface area contributed by atoms with E-state index in [0.717, 1.165) is 39.5 Å². The normalized spacial score (nSPS) is 12.3. The number of hydrogen-bond acceptors (Lipinski definition) is 3. The van der Waals surface area contributed by atoms with Crippen molar-refractivity contribution in [1.29, 1.82) is 0 Å². The smallest absolute Gasteiger partial charge is 0.337 e. The lowest BCUT2D eigenvalue weighted by Crippen LogP contribution is -2.04. The summed E-state index contributed by atoms with van der Waals surface area (Å²) in [6, 6.07) is 12.4. The van der Waals surface area contributed by atoms with Crippen molar-refractivity contribution in [2.75, 3.05) is 0 Å². The van der Waals surface area contributed by atoms with Gasteiger partial charge in [0.15, 0.2) is 0 Å². The van der Waals surface area contributed by atoms with Crippen LogP contribution in [0, 0.1) is 0 Å². The minimum absolute atomic E-state index is 0.500. The molecule has 0 aliphatic rings. The van der Waals surface area contributed by atoms with Crippen molar-refractivity contribution in [3.05, 3.63) is 66.5 Å². The highest BCUT2D eigenvalue weighted by Crippen LogP contribution is 2.34. The summed E-state index contributed by atoms with van der Waals surface area (Å²) in [5.74, 6) is 0.500. The molecule has 0 aliphatic carbocycles. The first kappa shape index (κ1) is 15.7. The van der Waals surface area contributed by atoms with Gasteiger partial charge >= 0.3 is 6.18 Å². The predicted octanol–water partition coefficient (Wildman–Crippen LogP) is 5.35. The first-order valence-electron chi connectivity index (χ1n) is 8.21. The first-order chi connectivity index (χ1) is 13.0. The summed E-state index contributed by atoms with van der Waals surface area (Å²) < 4.78 is 38.4. The number of rotatable bonds is 1. The molecule has 0 bridgehead atoms. The van der Waals surface area contributed by atoms with E-state index < -0.39 is 11.7 Å². The monoisotopic (exact) mass is 364 g/mol. The number of pyridine rings is 2. The number of H-pyrrole nitrogens is 1. The van der Waals surface area contributed by atoms with Gasteiger partial charge < -0.3 is 4.98 Å². The quantitative estimate of drug-likeness (QED) is 0.408. The molecule has 0 saturated heterocycles. The molecule has 5 aromatic rings. The fourth-order valence-electron chi connectivity index (χ4n) is 3.30. The second-order valence-corrected chi connectivity index (χ2v) is 6.18. The van der Waals surface area contributed by atoms with Gasteiger partial charge in [-0.2, -0.15) is 13.2 Å². The number of halogens is 3. The van der Waals surface area contributed by atoms with E-state index in [1.807, 2.05) is 24.3 Å². The highest BCUT2D eigenvalue weighted by molar-refractivity contribution is 6.20. The fourth-order valence-corrected chi connectivity index (χ4v) is 3.30. The zero-order valence-corrected chi connectivity index (χ0v) is 13.7. The number of aromatic amines is 1. The van der Waals surface area contributed by atoms with Crippen LogP contribution in [-0.2, 0) is 6.18 Å². The molecule has 27 heavy (non-hydrogen) atoms. The minimum atomic E-state index is -4.36. The van der Waals surface area contributed by atoms with E-state index in [1.54, 1.807) is 12.4 Å². The van der Waals surface area contributed by atoms with Gasteiger partial charge in [0.1, 0.15) is 5.82 Å². The standard InChI is InChI=1S/C20H11F3N4/c21-20(22,23)12-7-5-11(6-8-12)19-26-17-13-3-1-9-24-15(13)16-14(18(17)27-19)4-2-10-25-16/h1-10H,(H,26,27). The van der Waals surface area contributed by atoms with Crippen LogP contribution in [0.25, 0.3) is 44.2 Å². The van der Waals surface area contributed by atoms with Crippen LogP contribution in [0.4, 0.5) is 13.2 Å². The Bertz CT molecular complexity index is 1230. The number of nitrogens with one attached hydrogen (secondary N) is 1. The lowest BCUT2D eigenvalue weighted by atomic mass is 10.1. The van der Waals surface area contributed by atoms with Crippen LogP contribution in [0.3, 0.4) is 0 Å². The van der Waals surface area contributed by atoms with Crippen LogP contribution >= 0.6 is 0 Å². The molecule has 0 radical (unpaired) electrons. The maximum atomic E-state index is 12.8. The minimum Gasteiger partial charge on any atom is -0.337 e. The van der Waals surface area contributed by atoms with Gasteiger partial charge in [-0.05, 0) is 36.4 Å². The molecule has 0 aliphatic heterocycles. The summed E-state index contributed by atoms with van der Waals surface area (Å²) in [6.07, 6.45) is -0.961. The average molecular weight is 364 g/mol. The summed E-state index contributed by atoms with van der Waals surface area (Å²) in [7, 11) is 0. The van der Waals surface area contributed by atoms with Crippen LogP contribution in [-0.4, -0.2) is 19.9 Å².